The fourth-order valence-corrected chi connectivity index (χ4v) is 8.43. The van der Waals surface area contributed by atoms with Crippen molar-refractivity contribution in [3.8, 4) is 0 Å². The standard InChI is InChI=1S/C32H61N5O7S/c1-6-13-36(14-7-2)32(42)26-18-24(30(33)40)17-25(19-26)31(41)34-28(16-23-9-11-27(38)12-10-23)29(39)20-37(15-8-3)35-45(43,44)21-22(4)5/h22-29,35,38-39H,6-21H2,1-5H3,(H2,33,40)(H,34,41). The van der Waals surface area contributed by atoms with Crippen molar-refractivity contribution in [1.29, 1.82) is 0 Å². The second-order valence-corrected chi connectivity index (χ2v) is 15.6. The molecule has 0 saturated heterocycles. The number of rotatable bonds is 19. The summed E-state index contributed by atoms with van der Waals surface area (Å²) in [6.45, 7) is 11.2. The lowest BCUT2D eigenvalue weighted by molar-refractivity contribution is -0.141. The monoisotopic (exact) mass is 659 g/mol. The Labute approximate surface area is 271 Å². The molecule has 0 spiro atoms. The molecule has 5 unspecified atom stereocenters. The van der Waals surface area contributed by atoms with E-state index in [1.165, 1.54) is 5.01 Å². The average molecular weight is 660 g/mol. The second kappa shape index (κ2) is 19.1. The van der Waals surface area contributed by atoms with Gasteiger partial charge in [0.15, 0.2) is 0 Å². The fourth-order valence-electron chi connectivity index (χ4n) is 6.92. The van der Waals surface area contributed by atoms with Gasteiger partial charge in [-0.2, -0.15) is 0 Å². The quantitative estimate of drug-likeness (QED) is 0.131. The first-order valence-corrected chi connectivity index (χ1v) is 18.8. The predicted octanol–water partition coefficient (Wildman–Crippen LogP) is 2.14. The van der Waals surface area contributed by atoms with Crippen LogP contribution < -0.4 is 15.9 Å². The van der Waals surface area contributed by atoms with Gasteiger partial charge in [-0.25, -0.2) is 13.4 Å². The van der Waals surface area contributed by atoms with E-state index in [0.29, 0.717) is 58.2 Å². The second-order valence-electron chi connectivity index (χ2n) is 13.8. The normalized spacial score (nSPS) is 25.6. The van der Waals surface area contributed by atoms with Gasteiger partial charge in [-0.05, 0) is 82.5 Å². The Balaban J connectivity index is 2.26. The molecule has 6 N–H and O–H groups in total. The number of amides is 3. The summed E-state index contributed by atoms with van der Waals surface area (Å²) in [7, 11) is -3.62. The van der Waals surface area contributed by atoms with Crippen molar-refractivity contribution < 1.29 is 33.0 Å². The first-order valence-electron chi connectivity index (χ1n) is 17.2. The van der Waals surface area contributed by atoms with E-state index in [2.05, 4.69) is 10.1 Å². The molecule has 5 atom stereocenters. The Morgan fingerprint density at radius 1 is 0.889 bits per heavy atom. The molecule has 262 valence electrons. The van der Waals surface area contributed by atoms with Crippen LogP contribution >= 0.6 is 0 Å². The van der Waals surface area contributed by atoms with Crippen LogP contribution in [0, 0.1) is 29.6 Å². The van der Waals surface area contributed by atoms with Crippen LogP contribution in [0.2, 0.25) is 0 Å². The molecule has 0 aliphatic heterocycles. The minimum atomic E-state index is -3.62. The maximum absolute atomic E-state index is 13.9. The number of nitrogens with two attached hydrogens (primary N) is 1. The minimum Gasteiger partial charge on any atom is -0.393 e. The van der Waals surface area contributed by atoms with Gasteiger partial charge in [0.25, 0.3) is 0 Å². The summed E-state index contributed by atoms with van der Waals surface area (Å²) >= 11 is 0. The van der Waals surface area contributed by atoms with Crippen LogP contribution in [0.4, 0.5) is 0 Å². The summed E-state index contributed by atoms with van der Waals surface area (Å²) in [6, 6.07) is -0.688. The molecule has 0 aromatic carbocycles. The Hall–Kier alpha value is -1.80. The number of aliphatic hydroxyl groups is 2. The van der Waals surface area contributed by atoms with E-state index in [1.807, 2.05) is 39.5 Å². The third-order valence-electron chi connectivity index (χ3n) is 9.05. The van der Waals surface area contributed by atoms with Gasteiger partial charge in [-0.15, -0.1) is 4.83 Å². The number of carbonyl (C=O) groups excluding carboxylic acids is 3. The van der Waals surface area contributed by atoms with Crippen molar-refractivity contribution >= 4 is 27.7 Å². The lowest BCUT2D eigenvalue weighted by atomic mass is 9.73. The smallest absolute Gasteiger partial charge is 0.225 e. The number of hydrogen-bond donors (Lipinski definition) is 5. The van der Waals surface area contributed by atoms with Gasteiger partial charge < -0.3 is 26.2 Å². The van der Waals surface area contributed by atoms with Gasteiger partial charge in [0.05, 0.1) is 24.0 Å². The molecule has 0 radical (unpaired) electrons. The van der Waals surface area contributed by atoms with Gasteiger partial charge in [0, 0.05) is 43.9 Å². The zero-order valence-electron chi connectivity index (χ0n) is 28.2. The van der Waals surface area contributed by atoms with E-state index in [9.17, 15) is 33.0 Å². The molecule has 0 aromatic rings. The van der Waals surface area contributed by atoms with Gasteiger partial charge in [-0.3, -0.25) is 14.4 Å². The molecule has 2 aliphatic carbocycles. The summed E-state index contributed by atoms with van der Waals surface area (Å²) in [5, 5.41) is 26.1. The minimum absolute atomic E-state index is 0.0237. The highest BCUT2D eigenvalue weighted by Crippen LogP contribution is 2.35. The van der Waals surface area contributed by atoms with E-state index in [0.717, 1.165) is 25.7 Å². The number of aliphatic hydroxyl groups excluding tert-OH is 2. The lowest BCUT2D eigenvalue weighted by Crippen LogP contribution is -2.55. The van der Waals surface area contributed by atoms with E-state index >= 15 is 0 Å². The zero-order valence-corrected chi connectivity index (χ0v) is 29.1. The third kappa shape index (κ3) is 13.5. The Morgan fingerprint density at radius 3 is 1.98 bits per heavy atom. The number of sulfonamides is 1. The molecule has 2 aliphatic rings. The molecular formula is C32H61N5O7S. The van der Waals surface area contributed by atoms with Crippen molar-refractivity contribution in [3.63, 3.8) is 0 Å². The van der Waals surface area contributed by atoms with E-state index in [4.69, 9.17) is 5.73 Å². The van der Waals surface area contributed by atoms with Crippen LogP contribution in [0.15, 0.2) is 0 Å². The summed E-state index contributed by atoms with van der Waals surface area (Å²) in [5.41, 5.74) is 5.72. The highest BCUT2D eigenvalue weighted by atomic mass is 32.2. The number of hydrazine groups is 1. The van der Waals surface area contributed by atoms with Crippen LogP contribution in [0.25, 0.3) is 0 Å². The van der Waals surface area contributed by atoms with Gasteiger partial charge in [-0.1, -0.05) is 34.6 Å². The Kier molecular flexibility index (Phi) is 16.7. The molecule has 45 heavy (non-hydrogen) atoms. The molecule has 2 fully saturated rings. The fraction of sp³-hybridized carbons (Fsp3) is 0.906. The average Bonchev–Trinajstić information content (AvgIpc) is 2.96. The highest BCUT2D eigenvalue weighted by Gasteiger charge is 2.41. The van der Waals surface area contributed by atoms with Crippen molar-refractivity contribution in [2.24, 2.45) is 35.3 Å². The third-order valence-corrected chi connectivity index (χ3v) is 10.7. The summed E-state index contributed by atoms with van der Waals surface area (Å²) < 4.78 is 25.4. The molecule has 2 rings (SSSR count). The van der Waals surface area contributed by atoms with E-state index < -0.39 is 45.8 Å². The van der Waals surface area contributed by atoms with E-state index in [-0.39, 0.29) is 48.5 Å². The number of hydrogen-bond acceptors (Lipinski definition) is 8. The van der Waals surface area contributed by atoms with Crippen LogP contribution in [0.3, 0.4) is 0 Å². The summed E-state index contributed by atoms with van der Waals surface area (Å²) in [5.74, 6) is -2.60. The molecule has 2 saturated carbocycles. The molecule has 0 aromatic heterocycles. The van der Waals surface area contributed by atoms with Crippen molar-refractivity contribution in [1.82, 2.24) is 20.1 Å². The number of primary amides is 1. The molecule has 0 heterocycles. The number of carbonyl (C=O) groups is 3. The molecule has 0 bridgehead atoms. The van der Waals surface area contributed by atoms with E-state index in [1.54, 1.807) is 0 Å². The van der Waals surface area contributed by atoms with Crippen LogP contribution in [0.5, 0.6) is 0 Å². The Morgan fingerprint density at radius 2 is 1.44 bits per heavy atom. The van der Waals surface area contributed by atoms with Gasteiger partial charge in [0.2, 0.25) is 27.7 Å². The largest absolute Gasteiger partial charge is 0.393 e. The molecule has 3 amide bonds. The van der Waals surface area contributed by atoms with Crippen molar-refractivity contribution in [2.45, 2.75) is 123 Å². The number of nitrogens with zero attached hydrogens (tertiary/aromatic N) is 2. The topological polar surface area (TPSA) is 182 Å². The lowest BCUT2D eigenvalue weighted by Gasteiger charge is -2.37. The molecular weight excluding hydrogens is 598 g/mol. The first kappa shape index (κ1) is 39.4. The van der Waals surface area contributed by atoms with Crippen molar-refractivity contribution in [2.75, 3.05) is 31.9 Å². The SMILES string of the molecule is CCCN(CC(O)C(CC1CCC(O)CC1)NC(=O)C1CC(C(N)=O)CC(C(=O)N(CCC)CCC)C1)NS(=O)(=O)CC(C)C. The van der Waals surface area contributed by atoms with Gasteiger partial charge in [0.1, 0.15) is 0 Å². The summed E-state index contributed by atoms with van der Waals surface area (Å²) in [6.07, 6.45) is 4.96. The van der Waals surface area contributed by atoms with Crippen LogP contribution in [-0.4, -0.2) is 96.4 Å². The van der Waals surface area contributed by atoms with Crippen molar-refractivity contribution in [3.05, 3.63) is 0 Å². The first-order chi connectivity index (χ1) is 21.2. The van der Waals surface area contributed by atoms with Gasteiger partial charge >= 0.3 is 0 Å². The Bertz CT molecular complexity index is 1030. The maximum Gasteiger partial charge on any atom is 0.225 e. The zero-order chi connectivity index (χ0) is 33.7. The molecule has 13 heteroatoms. The number of nitrogens with one attached hydrogen (secondary N) is 2. The maximum atomic E-state index is 13.9. The molecule has 12 nitrogen and oxygen atoms in total. The van der Waals surface area contributed by atoms with Crippen LogP contribution in [0.1, 0.15) is 105 Å². The predicted molar refractivity (Wildman–Crippen MR) is 175 cm³/mol. The summed E-state index contributed by atoms with van der Waals surface area (Å²) in [4.78, 5) is 44.1. The van der Waals surface area contributed by atoms with Crippen LogP contribution in [-0.2, 0) is 24.4 Å². The highest BCUT2D eigenvalue weighted by molar-refractivity contribution is 7.89.